The second kappa shape index (κ2) is 2.37. The van der Waals surface area contributed by atoms with Crippen LogP contribution in [0.4, 0.5) is 0 Å². The van der Waals surface area contributed by atoms with Gasteiger partial charge in [-0.1, -0.05) is 0 Å². The molecular weight excluding hydrogens is 124 g/mol. The molecule has 0 aromatic heterocycles. The first-order chi connectivity index (χ1) is 4.97. The Balaban J connectivity index is 2.14. The summed E-state index contributed by atoms with van der Waals surface area (Å²) in [7, 11) is 0. The molecule has 0 radical (unpaired) electrons. The summed E-state index contributed by atoms with van der Waals surface area (Å²) in [5.74, 6) is 0. The SMILES string of the molecule is C1=CNN2CCCCC2=C1. The van der Waals surface area contributed by atoms with Gasteiger partial charge in [0.15, 0.2) is 0 Å². The predicted molar refractivity (Wildman–Crippen MR) is 40.9 cm³/mol. The Morgan fingerprint density at radius 2 is 2.40 bits per heavy atom. The van der Waals surface area contributed by atoms with Crippen molar-refractivity contribution in [2.45, 2.75) is 19.3 Å². The number of hydrazine groups is 1. The molecular formula is C8H12N2. The number of nitrogens with zero attached hydrogens (tertiary/aromatic N) is 1. The summed E-state index contributed by atoms with van der Waals surface area (Å²) >= 11 is 0. The van der Waals surface area contributed by atoms with Crippen molar-refractivity contribution in [2.75, 3.05) is 6.54 Å². The van der Waals surface area contributed by atoms with Crippen LogP contribution in [0.1, 0.15) is 19.3 Å². The molecule has 0 bridgehead atoms. The van der Waals surface area contributed by atoms with E-state index in [1.54, 1.807) is 0 Å². The molecule has 2 aliphatic rings. The lowest BCUT2D eigenvalue weighted by atomic mass is 10.1. The minimum absolute atomic E-state index is 1.16. The van der Waals surface area contributed by atoms with Crippen molar-refractivity contribution < 1.29 is 0 Å². The molecule has 2 heteroatoms. The van der Waals surface area contributed by atoms with Gasteiger partial charge in [0.1, 0.15) is 0 Å². The average Bonchev–Trinajstić information content (AvgIpc) is 2.05. The highest BCUT2D eigenvalue weighted by Crippen LogP contribution is 2.19. The smallest absolute Gasteiger partial charge is 0.0390 e. The monoisotopic (exact) mass is 136 g/mol. The summed E-state index contributed by atoms with van der Waals surface area (Å²) in [5.41, 5.74) is 4.64. The normalized spacial score (nSPS) is 23.2. The zero-order valence-corrected chi connectivity index (χ0v) is 6.01. The van der Waals surface area contributed by atoms with Gasteiger partial charge in [-0.2, -0.15) is 0 Å². The Hall–Kier alpha value is -0.920. The molecule has 1 fully saturated rings. The fraction of sp³-hybridized carbons (Fsp3) is 0.500. The topological polar surface area (TPSA) is 15.3 Å². The molecule has 0 amide bonds. The van der Waals surface area contributed by atoms with Crippen molar-refractivity contribution in [1.82, 2.24) is 10.4 Å². The van der Waals surface area contributed by atoms with Gasteiger partial charge in [-0.3, -0.25) is 5.01 Å². The summed E-state index contributed by atoms with van der Waals surface area (Å²) < 4.78 is 0. The number of allylic oxidation sites excluding steroid dienone is 3. The van der Waals surface area contributed by atoms with Gasteiger partial charge in [-0.15, -0.1) is 0 Å². The van der Waals surface area contributed by atoms with Crippen molar-refractivity contribution >= 4 is 0 Å². The third-order valence-corrected chi connectivity index (χ3v) is 2.03. The first kappa shape index (κ1) is 5.83. The Morgan fingerprint density at radius 1 is 1.40 bits per heavy atom. The molecule has 0 aromatic rings. The Labute approximate surface area is 61.2 Å². The summed E-state index contributed by atoms with van der Waals surface area (Å²) in [5, 5.41) is 2.23. The van der Waals surface area contributed by atoms with Gasteiger partial charge in [-0.05, 0) is 31.4 Å². The zero-order chi connectivity index (χ0) is 6.81. The number of hydrogen-bond donors (Lipinski definition) is 1. The number of nitrogens with one attached hydrogen (secondary N) is 1. The first-order valence-electron chi connectivity index (χ1n) is 3.86. The van der Waals surface area contributed by atoms with Crippen LogP contribution in [0, 0.1) is 0 Å². The molecule has 2 nitrogen and oxygen atoms in total. The van der Waals surface area contributed by atoms with Gasteiger partial charge in [-0.25, -0.2) is 0 Å². The van der Waals surface area contributed by atoms with E-state index in [0.717, 1.165) is 6.54 Å². The van der Waals surface area contributed by atoms with Crippen molar-refractivity contribution in [3.8, 4) is 0 Å². The van der Waals surface area contributed by atoms with Crippen LogP contribution in [-0.4, -0.2) is 11.6 Å². The Morgan fingerprint density at radius 3 is 3.30 bits per heavy atom. The summed E-state index contributed by atoms with van der Waals surface area (Å²) in [6, 6.07) is 0. The molecule has 54 valence electrons. The van der Waals surface area contributed by atoms with Crippen molar-refractivity contribution in [3.63, 3.8) is 0 Å². The average molecular weight is 136 g/mol. The summed E-state index contributed by atoms with van der Waals surface area (Å²) in [6.07, 6.45) is 10.1. The largest absolute Gasteiger partial charge is 0.306 e. The predicted octanol–water partition coefficient (Wildman–Crippen LogP) is 1.39. The van der Waals surface area contributed by atoms with Crippen LogP contribution in [0.25, 0.3) is 0 Å². The minimum atomic E-state index is 1.16. The van der Waals surface area contributed by atoms with E-state index in [9.17, 15) is 0 Å². The van der Waals surface area contributed by atoms with Crippen molar-refractivity contribution in [1.29, 1.82) is 0 Å². The maximum Gasteiger partial charge on any atom is 0.0390 e. The molecule has 2 aliphatic heterocycles. The van der Waals surface area contributed by atoms with Crippen LogP contribution in [0.15, 0.2) is 24.0 Å². The summed E-state index contributed by atoms with van der Waals surface area (Å²) in [6.45, 7) is 1.16. The highest BCUT2D eigenvalue weighted by atomic mass is 15.5. The van der Waals surface area contributed by atoms with Crippen LogP contribution in [-0.2, 0) is 0 Å². The third kappa shape index (κ3) is 0.897. The molecule has 1 saturated heterocycles. The number of piperidine rings is 1. The number of hydrogen-bond acceptors (Lipinski definition) is 2. The van der Waals surface area contributed by atoms with E-state index in [-0.39, 0.29) is 0 Å². The lowest BCUT2D eigenvalue weighted by Gasteiger charge is -2.32. The Bertz CT molecular complexity index is 182. The first-order valence-corrected chi connectivity index (χ1v) is 3.86. The van der Waals surface area contributed by atoms with Gasteiger partial charge in [0.25, 0.3) is 0 Å². The van der Waals surface area contributed by atoms with Gasteiger partial charge in [0.05, 0.1) is 0 Å². The highest BCUT2D eigenvalue weighted by molar-refractivity contribution is 5.15. The molecule has 0 spiro atoms. The van der Waals surface area contributed by atoms with Gasteiger partial charge in [0, 0.05) is 18.4 Å². The third-order valence-electron chi connectivity index (χ3n) is 2.03. The van der Waals surface area contributed by atoms with E-state index in [1.165, 1.54) is 25.0 Å². The molecule has 10 heavy (non-hydrogen) atoms. The summed E-state index contributed by atoms with van der Waals surface area (Å²) in [4.78, 5) is 0. The quantitative estimate of drug-likeness (QED) is 0.541. The molecule has 1 N–H and O–H groups in total. The molecule has 0 aromatic carbocycles. The number of rotatable bonds is 0. The standard InChI is InChI=1S/C8H12N2/c1-2-7-10-8(4-1)5-3-6-9-10/h3,5-6,9H,1-2,4,7H2. The highest BCUT2D eigenvalue weighted by Gasteiger charge is 2.13. The van der Waals surface area contributed by atoms with E-state index >= 15 is 0 Å². The molecule has 0 aliphatic carbocycles. The van der Waals surface area contributed by atoms with E-state index in [1.807, 2.05) is 6.20 Å². The second-order valence-corrected chi connectivity index (χ2v) is 2.75. The van der Waals surface area contributed by atoms with Gasteiger partial charge >= 0.3 is 0 Å². The molecule has 2 heterocycles. The van der Waals surface area contributed by atoms with Crippen molar-refractivity contribution in [3.05, 3.63) is 24.0 Å². The fourth-order valence-corrected chi connectivity index (χ4v) is 1.47. The number of fused-ring (bicyclic) bond motifs is 1. The minimum Gasteiger partial charge on any atom is -0.306 e. The van der Waals surface area contributed by atoms with E-state index in [0.29, 0.717) is 0 Å². The van der Waals surface area contributed by atoms with Crippen LogP contribution < -0.4 is 5.43 Å². The van der Waals surface area contributed by atoms with Crippen LogP contribution in [0.3, 0.4) is 0 Å². The molecule has 0 saturated carbocycles. The lowest BCUT2D eigenvalue weighted by Crippen LogP contribution is -2.38. The zero-order valence-electron chi connectivity index (χ0n) is 6.01. The lowest BCUT2D eigenvalue weighted by molar-refractivity contribution is 0.238. The van der Waals surface area contributed by atoms with E-state index < -0.39 is 0 Å². The molecule has 0 atom stereocenters. The van der Waals surface area contributed by atoms with Gasteiger partial charge < -0.3 is 5.43 Å². The second-order valence-electron chi connectivity index (χ2n) is 2.75. The fourth-order valence-electron chi connectivity index (χ4n) is 1.47. The molecule has 0 unspecified atom stereocenters. The van der Waals surface area contributed by atoms with Crippen LogP contribution >= 0.6 is 0 Å². The van der Waals surface area contributed by atoms with E-state index in [2.05, 4.69) is 22.6 Å². The maximum atomic E-state index is 3.21. The van der Waals surface area contributed by atoms with E-state index in [4.69, 9.17) is 0 Å². The van der Waals surface area contributed by atoms with Gasteiger partial charge in [0.2, 0.25) is 0 Å². The van der Waals surface area contributed by atoms with Crippen LogP contribution in [0.2, 0.25) is 0 Å². The molecule has 2 rings (SSSR count). The maximum absolute atomic E-state index is 3.21. The van der Waals surface area contributed by atoms with Crippen LogP contribution in [0.5, 0.6) is 0 Å². The van der Waals surface area contributed by atoms with Crippen molar-refractivity contribution in [2.24, 2.45) is 0 Å². The Kier molecular flexibility index (Phi) is 1.38.